The van der Waals surface area contributed by atoms with Crippen LogP contribution in [0.3, 0.4) is 0 Å². The zero-order valence-electron chi connectivity index (χ0n) is 9.83. The lowest BCUT2D eigenvalue weighted by Crippen LogP contribution is -2.43. The van der Waals surface area contributed by atoms with Gasteiger partial charge in [-0.1, -0.05) is 19.3 Å². The van der Waals surface area contributed by atoms with Gasteiger partial charge in [0.05, 0.1) is 0 Å². The van der Waals surface area contributed by atoms with E-state index in [0.29, 0.717) is 13.0 Å². The average molecular weight is 241 g/mol. The van der Waals surface area contributed by atoms with Gasteiger partial charge in [-0.3, -0.25) is 9.59 Å². The van der Waals surface area contributed by atoms with Gasteiger partial charge in [0.25, 0.3) is 5.91 Å². The van der Waals surface area contributed by atoms with Crippen molar-refractivity contribution in [2.75, 3.05) is 19.3 Å². The van der Waals surface area contributed by atoms with E-state index in [2.05, 4.69) is 6.26 Å². The smallest absolute Gasteiger partial charge is 0.290 e. The highest BCUT2D eigenvalue weighted by molar-refractivity contribution is 8.00. The van der Waals surface area contributed by atoms with E-state index < -0.39 is 0 Å². The number of hydrogen-bond acceptors (Lipinski definition) is 3. The van der Waals surface area contributed by atoms with Crippen LogP contribution < -0.4 is 0 Å². The highest BCUT2D eigenvalue weighted by Gasteiger charge is 2.38. The summed E-state index contributed by atoms with van der Waals surface area (Å²) in [6.45, 7) is 1.42. The molecule has 0 atom stereocenters. The van der Waals surface area contributed by atoms with Crippen LogP contribution in [0.5, 0.6) is 0 Å². The molecule has 3 nitrogen and oxygen atoms in total. The van der Waals surface area contributed by atoms with Crippen molar-refractivity contribution in [1.82, 2.24) is 4.90 Å². The molecule has 1 heterocycles. The molecule has 1 aliphatic carbocycles. The molecular formula is C12H19NO2S. The largest absolute Gasteiger partial charge is 0.334 e. The molecule has 0 aromatic heterocycles. The summed E-state index contributed by atoms with van der Waals surface area (Å²) in [5.74, 6) is -0.453. The maximum atomic E-state index is 11.6. The molecule has 2 aliphatic rings. The van der Waals surface area contributed by atoms with Crippen molar-refractivity contribution in [3.05, 3.63) is 0 Å². The number of amides is 1. The van der Waals surface area contributed by atoms with Gasteiger partial charge in [-0.25, -0.2) is 0 Å². The highest BCUT2D eigenvalue weighted by atomic mass is 32.2. The predicted octanol–water partition coefficient (Wildman–Crippen LogP) is 1.85. The van der Waals surface area contributed by atoms with Gasteiger partial charge in [-0.15, -0.1) is 0 Å². The van der Waals surface area contributed by atoms with Crippen LogP contribution in [0.1, 0.15) is 38.5 Å². The van der Waals surface area contributed by atoms with Crippen molar-refractivity contribution in [3.8, 4) is 0 Å². The molecule has 0 aromatic rings. The van der Waals surface area contributed by atoms with E-state index in [4.69, 9.17) is 0 Å². The van der Waals surface area contributed by atoms with Gasteiger partial charge in [0, 0.05) is 24.3 Å². The first kappa shape index (κ1) is 12.0. The van der Waals surface area contributed by atoms with Crippen LogP contribution in [0, 0.1) is 0 Å². The number of nitrogens with zero attached hydrogens (tertiary/aromatic N) is 1. The monoisotopic (exact) mass is 241 g/mol. The average Bonchev–Trinajstić information content (AvgIpc) is 2.62. The standard InChI is InChI=1S/C12H19NO2S/c1-16-12(6-3-2-4-7-12)9-13-8-5-10(14)11(13)15/h2-9H2,1H3. The van der Waals surface area contributed by atoms with Gasteiger partial charge in [0.15, 0.2) is 0 Å². The third kappa shape index (κ3) is 2.26. The highest BCUT2D eigenvalue weighted by Crippen LogP contribution is 2.39. The van der Waals surface area contributed by atoms with E-state index in [9.17, 15) is 9.59 Å². The molecule has 0 radical (unpaired) electrons. The minimum atomic E-state index is -0.251. The quantitative estimate of drug-likeness (QED) is 0.708. The van der Waals surface area contributed by atoms with Crippen LogP contribution in [-0.4, -0.2) is 40.7 Å². The summed E-state index contributed by atoms with van der Waals surface area (Å²) in [5, 5.41) is 0. The summed E-state index contributed by atoms with van der Waals surface area (Å²) in [6, 6.07) is 0. The van der Waals surface area contributed by atoms with Gasteiger partial charge in [-0.05, 0) is 19.1 Å². The molecule has 0 bridgehead atoms. The Morgan fingerprint density at radius 3 is 2.44 bits per heavy atom. The van der Waals surface area contributed by atoms with Gasteiger partial charge in [0.1, 0.15) is 0 Å². The summed E-state index contributed by atoms with van der Waals surface area (Å²) in [4.78, 5) is 24.6. The topological polar surface area (TPSA) is 37.4 Å². The van der Waals surface area contributed by atoms with E-state index in [1.165, 1.54) is 32.1 Å². The van der Waals surface area contributed by atoms with Crippen LogP contribution in [-0.2, 0) is 9.59 Å². The van der Waals surface area contributed by atoms with E-state index in [-0.39, 0.29) is 16.4 Å². The van der Waals surface area contributed by atoms with Crippen LogP contribution >= 0.6 is 11.8 Å². The van der Waals surface area contributed by atoms with Gasteiger partial charge >= 0.3 is 0 Å². The Morgan fingerprint density at radius 1 is 1.25 bits per heavy atom. The first-order valence-corrected chi connectivity index (χ1v) is 7.27. The number of hydrogen-bond donors (Lipinski definition) is 0. The van der Waals surface area contributed by atoms with Gasteiger partial charge in [-0.2, -0.15) is 11.8 Å². The van der Waals surface area contributed by atoms with Crippen molar-refractivity contribution < 1.29 is 9.59 Å². The fraction of sp³-hybridized carbons (Fsp3) is 0.833. The number of likely N-dealkylation sites (tertiary alicyclic amines) is 1. The second-order valence-electron chi connectivity index (χ2n) is 4.85. The van der Waals surface area contributed by atoms with E-state index in [1.807, 2.05) is 11.8 Å². The lowest BCUT2D eigenvalue weighted by Gasteiger charge is -2.38. The summed E-state index contributed by atoms with van der Waals surface area (Å²) >= 11 is 1.88. The maximum absolute atomic E-state index is 11.6. The number of thioether (sulfide) groups is 1. The molecule has 1 amide bonds. The first-order valence-electron chi connectivity index (χ1n) is 6.04. The molecule has 0 aromatic carbocycles. The van der Waals surface area contributed by atoms with Gasteiger partial charge < -0.3 is 4.90 Å². The molecule has 0 N–H and O–H groups in total. The molecule has 1 saturated carbocycles. The lowest BCUT2D eigenvalue weighted by molar-refractivity contribution is -0.140. The zero-order valence-corrected chi connectivity index (χ0v) is 10.6. The number of ketones is 1. The molecule has 2 rings (SSSR count). The van der Waals surface area contributed by atoms with Crippen molar-refractivity contribution in [3.63, 3.8) is 0 Å². The third-order valence-electron chi connectivity index (χ3n) is 3.81. The van der Waals surface area contributed by atoms with E-state index in [0.717, 1.165) is 6.54 Å². The lowest BCUT2D eigenvalue weighted by atomic mass is 9.88. The van der Waals surface area contributed by atoms with Crippen LogP contribution in [0.25, 0.3) is 0 Å². The number of carbonyl (C=O) groups is 2. The van der Waals surface area contributed by atoms with E-state index >= 15 is 0 Å². The van der Waals surface area contributed by atoms with Crippen molar-refractivity contribution in [2.45, 2.75) is 43.3 Å². The molecule has 1 aliphatic heterocycles. The van der Waals surface area contributed by atoms with Crippen molar-refractivity contribution in [2.24, 2.45) is 0 Å². The Morgan fingerprint density at radius 2 is 1.94 bits per heavy atom. The molecule has 1 saturated heterocycles. The molecule has 2 fully saturated rings. The minimum absolute atomic E-state index is 0.202. The second-order valence-corrected chi connectivity index (χ2v) is 6.12. The van der Waals surface area contributed by atoms with Gasteiger partial charge in [0.2, 0.25) is 5.78 Å². The van der Waals surface area contributed by atoms with Crippen LogP contribution in [0.4, 0.5) is 0 Å². The normalized spacial score (nSPS) is 25.2. The third-order valence-corrected chi connectivity index (χ3v) is 5.21. The zero-order chi connectivity index (χ0) is 11.6. The Labute approximate surface area is 101 Å². The number of rotatable bonds is 3. The summed E-state index contributed by atoms with van der Waals surface area (Å²) in [5.41, 5.74) is 0. The number of carbonyl (C=O) groups excluding carboxylic acids is 2. The second kappa shape index (κ2) is 4.78. The fourth-order valence-electron chi connectivity index (χ4n) is 2.74. The summed E-state index contributed by atoms with van der Waals surface area (Å²) < 4.78 is 0.221. The van der Waals surface area contributed by atoms with Crippen LogP contribution in [0.15, 0.2) is 0 Å². The molecule has 16 heavy (non-hydrogen) atoms. The molecule has 0 unspecified atom stereocenters. The molecular weight excluding hydrogens is 222 g/mol. The number of Topliss-reactive ketones (excluding diaryl/α,β-unsaturated/α-hetero) is 1. The maximum Gasteiger partial charge on any atom is 0.290 e. The molecule has 90 valence electrons. The SMILES string of the molecule is CSC1(CN2CCC(=O)C2=O)CCCCC1. The minimum Gasteiger partial charge on any atom is -0.334 e. The molecule has 4 heteroatoms. The summed E-state index contributed by atoms with van der Waals surface area (Å²) in [6.07, 6.45) is 8.76. The van der Waals surface area contributed by atoms with Crippen LogP contribution in [0.2, 0.25) is 0 Å². The first-order chi connectivity index (χ1) is 7.67. The van der Waals surface area contributed by atoms with Crippen molar-refractivity contribution in [1.29, 1.82) is 0 Å². The Balaban J connectivity index is 2.01. The Hall–Kier alpha value is -0.510. The summed E-state index contributed by atoms with van der Waals surface area (Å²) in [7, 11) is 0. The molecule has 0 spiro atoms. The fourth-order valence-corrected chi connectivity index (χ4v) is 3.72. The Bertz CT molecular complexity index is 297. The van der Waals surface area contributed by atoms with E-state index in [1.54, 1.807) is 4.90 Å². The van der Waals surface area contributed by atoms with Crippen molar-refractivity contribution >= 4 is 23.5 Å². The Kier molecular flexibility index (Phi) is 3.57. The predicted molar refractivity (Wildman–Crippen MR) is 65.5 cm³/mol.